The average Bonchev–Trinajstić information content (AvgIpc) is 3.19. The van der Waals surface area contributed by atoms with Gasteiger partial charge in [-0.05, 0) is 44.7 Å². The van der Waals surface area contributed by atoms with Gasteiger partial charge >= 0.3 is 0 Å². The average molecular weight is 291 g/mol. The normalized spacial score (nSPS) is 16.5. The van der Waals surface area contributed by atoms with Crippen molar-refractivity contribution in [2.24, 2.45) is 5.92 Å². The molecule has 0 aliphatic heterocycles. The minimum absolute atomic E-state index is 0.567. The Labute approximate surface area is 118 Å². The van der Waals surface area contributed by atoms with E-state index in [4.69, 9.17) is 0 Å². The van der Waals surface area contributed by atoms with Crippen LogP contribution in [-0.4, -0.2) is 56.8 Å². The van der Waals surface area contributed by atoms with Gasteiger partial charge in [-0.3, -0.25) is 0 Å². The number of rotatable bonds is 11. The third-order valence-electron chi connectivity index (χ3n) is 3.48. The van der Waals surface area contributed by atoms with Crippen LogP contribution in [0.25, 0.3) is 0 Å². The number of nitrogens with zero attached hydrogens (tertiary/aromatic N) is 2. The molecule has 0 aromatic carbocycles. The first-order valence-electron chi connectivity index (χ1n) is 7.44. The second kappa shape index (κ2) is 8.19. The second-order valence-corrected chi connectivity index (χ2v) is 7.36. The molecule has 0 aromatic rings. The lowest BCUT2D eigenvalue weighted by atomic mass is 10.4. The van der Waals surface area contributed by atoms with Crippen LogP contribution in [0.15, 0.2) is 0 Å². The minimum atomic E-state index is -3.26. The fourth-order valence-corrected chi connectivity index (χ4v) is 3.50. The zero-order valence-corrected chi connectivity index (χ0v) is 13.4. The lowest BCUT2D eigenvalue weighted by molar-refractivity contribution is 0.356. The first-order chi connectivity index (χ1) is 9.02. The molecule has 0 radical (unpaired) electrons. The molecule has 1 aliphatic rings. The minimum Gasteiger partial charge on any atom is -0.317 e. The van der Waals surface area contributed by atoms with Gasteiger partial charge in [0.25, 0.3) is 10.2 Å². The molecule has 1 fully saturated rings. The van der Waals surface area contributed by atoms with E-state index in [2.05, 4.69) is 12.2 Å². The molecule has 0 aromatic heterocycles. The molecule has 5 nitrogen and oxygen atoms in total. The van der Waals surface area contributed by atoms with Crippen molar-refractivity contribution in [3.63, 3.8) is 0 Å². The highest BCUT2D eigenvalue weighted by atomic mass is 32.2. The Morgan fingerprint density at radius 3 is 2.42 bits per heavy atom. The lowest BCUT2D eigenvalue weighted by Crippen LogP contribution is -2.43. The Morgan fingerprint density at radius 2 is 1.89 bits per heavy atom. The Morgan fingerprint density at radius 1 is 1.21 bits per heavy atom. The van der Waals surface area contributed by atoms with Crippen molar-refractivity contribution in [2.75, 3.05) is 39.8 Å². The molecule has 1 rings (SSSR count). The van der Waals surface area contributed by atoms with Gasteiger partial charge in [-0.15, -0.1) is 0 Å². The number of hydrogen-bond donors (Lipinski definition) is 1. The zero-order valence-electron chi connectivity index (χ0n) is 12.6. The van der Waals surface area contributed by atoms with Crippen LogP contribution in [0, 0.1) is 5.92 Å². The molecule has 6 heteroatoms. The van der Waals surface area contributed by atoms with E-state index in [1.165, 1.54) is 17.1 Å². The zero-order chi connectivity index (χ0) is 14.3. The van der Waals surface area contributed by atoms with Gasteiger partial charge < -0.3 is 5.32 Å². The van der Waals surface area contributed by atoms with Gasteiger partial charge in [0.2, 0.25) is 0 Å². The third kappa shape index (κ3) is 5.77. The predicted octanol–water partition coefficient (Wildman–Crippen LogP) is 1.28. The lowest BCUT2D eigenvalue weighted by Gasteiger charge is -2.26. The van der Waals surface area contributed by atoms with E-state index in [1.807, 2.05) is 6.92 Å². The van der Waals surface area contributed by atoms with E-state index < -0.39 is 10.2 Å². The molecule has 0 saturated heterocycles. The van der Waals surface area contributed by atoms with E-state index in [0.717, 1.165) is 25.9 Å². The number of hydrogen-bond acceptors (Lipinski definition) is 3. The van der Waals surface area contributed by atoms with Gasteiger partial charge in [-0.25, -0.2) is 0 Å². The van der Waals surface area contributed by atoms with Crippen molar-refractivity contribution in [3.8, 4) is 0 Å². The van der Waals surface area contributed by atoms with Crippen LogP contribution >= 0.6 is 0 Å². The summed E-state index contributed by atoms with van der Waals surface area (Å²) in [6, 6.07) is 0. The Bertz CT molecular complexity index is 342. The van der Waals surface area contributed by atoms with E-state index in [9.17, 15) is 8.42 Å². The first-order valence-corrected chi connectivity index (χ1v) is 8.84. The van der Waals surface area contributed by atoms with Gasteiger partial charge in [0.15, 0.2) is 0 Å². The van der Waals surface area contributed by atoms with Crippen LogP contribution < -0.4 is 5.32 Å². The van der Waals surface area contributed by atoms with Crippen LogP contribution in [0.4, 0.5) is 0 Å². The van der Waals surface area contributed by atoms with Gasteiger partial charge in [-0.2, -0.15) is 17.0 Å². The fourth-order valence-electron chi connectivity index (χ4n) is 2.02. The summed E-state index contributed by atoms with van der Waals surface area (Å²) in [5.74, 6) is 0.592. The maximum atomic E-state index is 12.4. The van der Waals surface area contributed by atoms with E-state index in [1.54, 1.807) is 11.4 Å². The molecule has 0 heterocycles. The summed E-state index contributed by atoms with van der Waals surface area (Å²) in [4.78, 5) is 0. The van der Waals surface area contributed by atoms with Crippen molar-refractivity contribution in [3.05, 3.63) is 0 Å². The van der Waals surface area contributed by atoms with Crippen molar-refractivity contribution in [1.29, 1.82) is 0 Å². The first kappa shape index (κ1) is 16.9. The smallest absolute Gasteiger partial charge is 0.281 e. The molecule has 1 saturated carbocycles. The summed E-state index contributed by atoms with van der Waals surface area (Å²) in [5.41, 5.74) is 0. The van der Waals surface area contributed by atoms with Crippen LogP contribution in [0.3, 0.4) is 0 Å². The van der Waals surface area contributed by atoms with Crippen molar-refractivity contribution >= 4 is 10.2 Å². The third-order valence-corrected chi connectivity index (χ3v) is 5.52. The summed E-state index contributed by atoms with van der Waals surface area (Å²) in [6.45, 7) is 7.76. The Balaban J connectivity index is 2.35. The molecule has 0 spiro atoms. The van der Waals surface area contributed by atoms with E-state index in [-0.39, 0.29) is 0 Å². The molecule has 19 heavy (non-hydrogen) atoms. The molecule has 0 bridgehead atoms. The highest BCUT2D eigenvalue weighted by Crippen LogP contribution is 2.30. The second-order valence-electron chi connectivity index (χ2n) is 5.33. The summed E-state index contributed by atoms with van der Waals surface area (Å²) >= 11 is 0. The molecular weight excluding hydrogens is 262 g/mol. The molecule has 1 aliphatic carbocycles. The quantitative estimate of drug-likeness (QED) is 0.584. The highest BCUT2D eigenvalue weighted by Gasteiger charge is 2.31. The maximum absolute atomic E-state index is 12.4. The van der Waals surface area contributed by atoms with Gasteiger partial charge in [0, 0.05) is 26.7 Å². The van der Waals surface area contributed by atoms with Gasteiger partial charge in [-0.1, -0.05) is 13.8 Å². The predicted molar refractivity (Wildman–Crippen MR) is 79.3 cm³/mol. The van der Waals surface area contributed by atoms with Crippen molar-refractivity contribution < 1.29 is 8.42 Å². The monoisotopic (exact) mass is 291 g/mol. The summed E-state index contributed by atoms with van der Waals surface area (Å²) in [6.07, 6.45) is 4.32. The summed E-state index contributed by atoms with van der Waals surface area (Å²) in [7, 11) is -1.57. The van der Waals surface area contributed by atoms with Crippen molar-refractivity contribution in [2.45, 2.75) is 39.5 Å². The van der Waals surface area contributed by atoms with Crippen LogP contribution in [0.1, 0.15) is 39.5 Å². The standard InChI is InChI=1S/C13H29N3O2S/c1-4-9-14-10-6-11-15(3)19(17,18)16(5-2)12-13-7-8-13/h13-14H,4-12H2,1-3H3. The molecular formula is C13H29N3O2S. The summed E-state index contributed by atoms with van der Waals surface area (Å²) in [5, 5.41) is 3.29. The Kier molecular flexibility index (Phi) is 7.28. The van der Waals surface area contributed by atoms with Gasteiger partial charge in [0.1, 0.15) is 0 Å². The topological polar surface area (TPSA) is 52.7 Å². The fraction of sp³-hybridized carbons (Fsp3) is 1.00. The largest absolute Gasteiger partial charge is 0.317 e. The van der Waals surface area contributed by atoms with Crippen molar-refractivity contribution in [1.82, 2.24) is 13.9 Å². The molecule has 0 amide bonds. The van der Waals surface area contributed by atoms with Crippen LogP contribution in [0.5, 0.6) is 0 Å². The number of nitrogens with one attached hydrogen (secondary N) is 1. The SMILES string of the molecule is CCCNCCCN(C)S(=O)(=O)N(CC)CC1CC1. The highest BCUT2D eigenvalue weighted by molar-refractivity contribution is 7.86. The molecule has 1 N–H and O–H groups in total. The van der Waals surface area contributed by atoms with Crippen LogP contribution in [0.2, 0.25) is 0 Å². The molecule has 0 unspecified atom stereocenters. The van der Waals surface area contributed by atoms with E-state index >= 15 is 0 Å². The summed E-state index contributed by atoms with van der Waals surface area (Å²) < 4.78 is 27.9. The molecule has 114 valence electrons. The van der Waals surface area contributed by atoms with Gasteiger partial charge in [0.05, 0.1) is 0 Å². The Hall–Kier alpha value is -0.170. The van der Waals surface area contributed by atoms with E-state index in [0.29, 0.717) is 25.6 Å². The van der Waals surface area contributed by atoms with Crippen LogP contribution in [-0.2, 0) is 10.2 Å². The maximum Gasteiger partial charge on any atom is 0.281 e. The molecule has 0 atom stereocenters.